The third-order valence-corrected chi connectivity index (χ3v) is 4.01. The molecule has 0 saturated carbocycles. The first kappa shape index (κ1) is 15.3. The Morgan fingerprint density at radius 3 is 2.95 bits per heavy atom. The zero-order chi connectivity index (χ0) is 14.7. The van der Waals surface area contributed by atoms with Gasteiger partial charge in [-0.3, -0.25) is 4.79 Å². The van der Waals surface area contributed by atoms with Gasteiger partial charge in [-0.25, -0.2) is 4.39 Å². The van der Waals surface area contributed by atoms with E-state index in [9.17, 15) is 9.18 Å². The lowest BCUT2D eigenvalue weighted by molar-refractivity contribution is 0.0943. The first-order valence-electron chi connectivity index (χ1n) is 6.94. The number of nitrogens with one attached hydrogen (secondary N) is 1. The van der Waals surface area contributed by atoms with E-state index in [1.54, 1.807) is 0 Å². The molecule has 0 radical (unpaired) electrons. The molecule has 5 heteroatoms. The second kappa shape index (κ2) is 6.55. The van der Waals surface area contributed by atoms with Crippen LogP contribution in [-0.4, -0.2) is 36.5 Å². The van der Waals surface area contributed by atoms with E-state index in [0.717, 1.165) is 19.5 Å². The van der Waals surface area contributed by atoms with E-state index in [1.165, 1.54) is 18.2 Å². The van der Waals surface area contributed by atoms with Crippen LogP contribution in [0.15, 0.2) is 18.2 Å². The highest BCUT2D eigenvalue weighted by molar-refractivity contribution is 6.30. The lowest BCUT2D eigenvalue weighted by Gasteiger charge is -2.20. The van der Waals surface area contributed by atoms with Crippen molar-refractivity contribution in [2.45, 2.75) is 26.3 Å². The molecule has 1 heterocycles. The molecule has 0 aliphatic carbocycles. The van der Waals surface area contributed by atoms with Crippen molar-refractivity contribution in [1.29, 1.82) is 0 Å². The van der Waals surface area contributed by atoms with Gasteiger partial charge < -0.3 is 10.2 Å². The van der Waals surface area contributed by atoms with Crippen LogP contribution in [0, 0.1) is 11.7 Å². The van der Waals surface area contributed by atoms with E-state index < -0.39 is 11.7 Å². The van der Waals surface area contributed by atoms with Gasteiger partial charge in [0.1, 0.15) is 5.82 Å². The SMILES string of the molecule is CC(C)N1CC[C@@H](CNC(=O)c2cc(Cl)ccc2F)C1. The van der Waals surface area contributed by atoms with E-state index in [2.05, 4.69) is 24.1 Å². The highest BCUT2D eigenvalue weighted by Crippen LogP contribution is 2.18. The van der Waals surface area contributed by atoms with Crippen LogP contribution in [0.4, 0.5) is 4.39 Å². The summed E-state index contributed by atoms with van der Waals surface area (Å²) in [6.07, 6.45) is 1.07. The van der Waals surface area contributed by atoms with Crippen molar-refractivity contribution in [3.8, 4) is 0 Å². The van der Waals surface area contributed by atoms with Crippen molar-refractivity contribution in [1.82, 2.24) is 10.2 Å². The number of benzene rings is 1. The summed E-state index contributed by atoms with van der Waals surface area (Å²) in [7, 11) is 0. The van der Waals surface area contributed by atoms with E-state index in [0.29, 0.717) is 23.5 Å². The van der Waals surface area contributed by atoms with Gasteiger partial charge in [0.05, 0.1) is 5.56 Å². The Kier molecular flexibility index (Phi) is 5.00. The molecular formula is C15H20ClFN2O. The number of hydrogen-bond acceptors (Lipinski definition) is 2. The predicted octanol–water partition coefficient (Wildman–Crippen LogP) is 2.94. The van der Waals surface area contributed by atoms with Crippen LogP contribution < -0.4 is 5.32 Å². The summed E-state index contributed by atoms with van der Waals surface area (Å²) in [5, 5.41) is 3.17. The number of carbonyl (C=O) groups is 1. The zero-order valence-electron chi connectivity index (χ0n) is 11.8. The first-order valence-corrected chi connectivity index (χ1v) is 7.32. The quantitative estimate of drug-likeness (QED) is 0.927. The van der Waals surface area contributed by atoms with Crippen molar-refractivity contribution in [3.05, 3.63) is 34.6 Å². The number of hydrogen-bond donors (Lipinski definition) is 1. The topological polar surface area (TPSA) is 32.3 Å². The van der Waals surface area contributed by atoms with Crippen LogP contribution in [0.25, 0.3) is 0 Å². The molecule has 1 atom stereocenters. The maximum absolute atomic E-state index is 13.6. The lowest BCUT2D eigenvalue weighted by Crippen LogP contribution is -2.33. The molecule has 1 fully saturated rings. The van der Waals surface area contributed by atoms with Gasteiger partial charge in [-0.1, -0.05) is 11.6 Å². The lowest BCUT2D eigenvalue weighted by atomic mass is 10.1. The van der Waals surface area contributed by atoms with Crippen LogP contribution in [0.1, 0.15) is 30.6 Å². The summed E-state index contributed by atoms with van der Waals surface area (Å²) in [6, 6.07) is 4.54. The fourth-order valence-corrected chi connectivity index (χ4v) is 2.67. The summed E-state index contributed by atoms with van der Waals surface area (Å²) in [4.78, 5) is 14.4. The fraction of sp³-hybridized carbons (Fsp3) is 0.533. The monoisotopic (exact) mass is 298 g/mol. The molecule has 0 unspecified atom stereocenters. The molecule has 1 aromatic rings. The molecule has 110 valence electrons. The van der Waals surface area contributed by atoms with Crippen LogP contribution >= 0.6 is 11.6 Å². The number of carbonyl (C=O) groups excluding carboxylic acids is 1. The largest absolute Gasteiger partial charge is 0.352 e. The molecule has 1 N–H and O–H groups in total. The summed E-state index contributed by atoms with van der Waals surface area (Å²) < 4.78 is 13.6. The molecule has 0 bridgehead atoms. The molecule has 1 aliphatic heterocycles. The van der Waals surface area contributed by atoms with Gasteiger partial charge in [-0.05, 0) is 50.9 Å². The molecule has 0 spiro atoms. The van der Waals surface area contributed by atoms with Gasteiger partial charge in [0.2, 0.25) is 0 Å². The Hall–Kier alpha value is -1.13. The summed E-state index contributed by atoms with van der Waals surface area (Å²) in [6.45, 7) is 6.96. The zero-order valence-corrected chi connectivity index (χ0v) is 12.6. The smallest absolute Gasteiger partial charge is 0.254 e. The molecule has 1 aliphatic rings. The number of likely N-dealkylation sites (tertiary alicyclic amines) is 1. The van der Waals surface area contributed by atoms with E-state index in [4.69, 9.17) is 11.6 Å². The molecule has 1 amide bonds. The molecule has 1 saturated heterocycles. The molecule has 20 heavy (non-hydrogen) atoms. The van der Waals surface area contributed by atoms with E-state index in [-0.39, 0.29) is 5.56 Å². The maximum atomic E-state index is 13.6. The van der Waals surface area contributed by atoms with Crippen molar-refractivity contribution >= 4 is 17.5 Å². The molecule has 3 nitrogen and oxygen atoms in total. The average molecular weight is 299 g/mol. The Labute approximate surface area is 124 Å². The Balaban J connectivity index is 1.88. The molecular weight excluding hydrogens is 279 g/mol. The third kappa shape index (κ3) is 3.70. The molecule has 1 aromatic carbocycles. The van der Waals surface area contributed by atoms with Crippen molar-refractivity contribution in [2.75, 3.05) is 19.6 Å². The van der Waals surface area contributed by atoms with Gasteiger partial charge in [-0.15, -0.1) is 0 Å². The van der Waals surface area contributed by atoms with Crippen molar-refractivity contribution < 1.29 is 9.18 Å². The number of rotatable bonds is 4. The Morgan fingerprint density at radius 1 is 1.55 bits per heavy atom. The van der Waals surface area contributed by atoms with Crippen molar-refractivity contribution in [3.63, 3.8) is 0 Å². The second-order valence-corrected chi connectivity index (χ2v) is 6.01. The van der Waals surface area contributed by atoms with E-state index >= 15 is 0 Å². The van der Waals surface area contributed by atoms with Crippen LogP contribution in [0.5, 0.6) is 0 Å². The fourth-order valence-electron chi connectivity index (χ4n) is 2.50. The second-order valence-electron chi connectivity index (χ2n) is 5.58. The minimum Gasteiger partial charge on any atom is -0.352 e. The summed E-state index contributed by atoms with van der Waals surface area (Å²) in [5.74, 6) is -0.501. The standard InChI is InChI=1S/C15H20ClFN2O/c1-10(2)19-6-5-11(9-19)8-18-15(20)13-7-12(16)3-4-14(13)17/h3-4,7,10-11H,5-6,8-9H2,1-2H3,(H,18,20)/t11-/m0/s1. The third-order valence-electron chi connectivity index (χ3n) is 3.77. The molecule has 2 rings (SSSR count). The average Bonchev–Trinajstić information content (AvgIpc) is 2.88. The normalized spacial score (nSPS) is 19.6. The number of nitrogens with zero attached hydrogens (tertiary/aromatic N) is 1. The number of halogens is 2. The van der Waals surface area contributed by atoms with Gasteiger partial charge in [0.25, 0.3) is 5.91 Å². The predicted molar refractivity (Wildman–Crippen MR) is 78.6 cm³/mol. The summed E-state index contributed by atoms with van der Waals surface area (Å²) in [5.41, 5.74) is 0.0104. The van der Waals surface area contributed by atoms with Crippen LogP contribution in [-0.2, 0) is 0 Å². The first-order chi connectivity index (χ1) is 9.47. The Morgan fingerprint density at radius 2 is 2.30 bits per heavy atom. The maximum Gasteiger partial charge on any atom is 0.254 e. The van der Waals surface area contributed by atoms with Crippen LogP contribution in [0.2, 0.25) is 5.02 Å². The number of amides is 1. The van der Waals surface area contributed by atoms with Gasteiger partial charge in [0.15, 0.2) is 0 Å². The highest BCUT2D eigenvalue weighted by Gasteiger charge is 2.24. The summed E-state index contributed by atoms with van der Waals surface area (Å²) >= 11 is 5.79. The van der Waals surface area contributed by atoms with E-state index in [1.807, 2.05) is 0 Å². The van der Waals surface area contributed by atoms with Crippen LogP contribution in [0.3, 0.4) is 0 Å². The highest BCUT2D eigenvalue weighted by atomic mass is 35.5. The Bertz CT molecular complexity index is 493. The minimum atomic E-state index is -0.540. The van der Waals surface area contributed by atoms with Crippen molar-refractivity contribution in [2.24, 2.45) is 5.92 Å². The van der Waals surface area contributed by atoms with Gasteiger partial charge >= 0.3 is 0 Å². The van der Waals surface area contributed by atoms with Gasteiger partial charge in [0, 0.05) is 24.2 Å². The van der Waals surface area contributed by atoms with Gasteiger partial charge in [-0.2, -0.15) is 0 Å². The molecule has 0 aromatic heterocycles. The minimum absolute atomic E-state index is 0.0104.